The predicted molar refractivity (Wildman–Crippen MR) is 137 cm³/mol. The monoisotopic (exact) mass is 495 g/mol. The number of thiophene rings is 1. The summed E-state index contributed by atoms with van der Waals surface area (Å²) in [5, 5.41) is 5.33. The Morgan fingerprint density at radius 1 is 1.11 bits per heavy atom. The van der Waals surface area contributed by atoms with Crippen molar-refractivity contribution in [2.45, 2.75) is 64.2 Å². The molecule has 7 nitrogen and oxygen atoms in total. The summed E-state index contributed by atoms with van der Waals surface area (Å²) in [6, 6.07) is 9.76. The van der Waals surface area contributed by atoms with Crippen LogP contribution in [0.3, 0.4) is 0 Å². The molecule has 3 heterocycles. The van der Waals surface area contributed by atoms with Crippen LogP contribution < -0.4 is 14.8 Å². The van der Waals surface area contributed by atoms with Crippen molar-refractivity contribution < 1.29 is 19.1 Å². The molecule has 0 radical (unpaired) electrons. The summed E-state index contributed by atoms with van der Waals surface area (Å²) in [5.74, 6) is 1.70. The van der Waals surface area contributed by atoms with Crippen LogP contribution in [0.5, 0.6) is 11.5 Å². The average Bonchev–Trinajstić information content (AvgIpc) is 3.45. The molecule has 35 heavy (non-hydrogen) atoms. The van der Waals surface area contributed by atoms with Gasteiger partial charge in [-0.15, -0.1) is 11.3 Å². The first-order valence-electron chi connectivity index (χ1n) is 12.2. The maximum absolute atomic E-state index is 13.9. The van der Waals surface area contributed by atoms with E-state index in [0.717, 1.165) is 41.5 Å². The molecule has 3 aromatic rings. The van der Waals surface area contributed by atoms with E-state index in [1.54, 1.807) is 30.5 Å². The van der Waals surface area contributed by atoms with Gasteiger partial charge in [-0.25, -0.2) is 0 Å². The Bertz CT molecular complexity index is 1260. The minimum absolute atomic E-state index is 0.0893. The summed E-state index contributed by atoms with van der Waals surface area (Å²) in [6.45, 7) is 4.87. The van der Waals surface area contributed by atoms with Crippen molar-refractivity contribution in [3.63, 3.8) is 0 Å². The van der Waals surface area contributed by atoms with Crippen molar-refractivity contribution in [1.82, 2.24) is 14.8 Å². The molecule has 0 spiro atoms. The van der Waals surface area contributed by atoms with Gasteiger partial charge >= 0.3 is 0 Å². The summed E-state index contributed by atoms with van der Waals surface area (Å²) < 4.78 is 13.9. The number of ether oxygens (including phenoxy) is 2. The Labute approximate surface area is 210 Å². The Balaban J connectivity index is 1.50. The fraction of sp³-hybridized carbons (Fsp3) is 0.481. The molecule has 0 bridgehead atoms. The second-order valence-electron chi connectivity index (χ2n) is 10.1. The Kier molecular flexibility index (Phi) is 6.25. The lowest BCUT2D eigenvalue weighted by molar-refractivity contribution is -0.134. The van der Waals surface area contributed by atoms with E-state index >= 15 is 0 Å². The van der Waals surface area contributed by atoms with Crippen LogP contribution >= 0.6 is 11.3 Å². The van der Waals surface area contributed by atoms with Crippen LogP contribution in [0.25, 0.3) is 10.2 Å². The number of benzene rings is 1. The van der Waals surface area contributed by atoms with Crippen LogP contribution in [0.1, 0.15) is 55.6 Å². The minimum atomic E-state index is -1.03. The van der Waals surface area contributed by atoms with Gasteiger partial charge in [0.05, 0.1) is 31.0 Å². The summed E-state index contributed by atoms with van der Waals surface area (Å²) >= 11 is 1.61. The van der Waals surface area contributed by atoms with Gasteiger partial charge in [0.15, 0.2) is 11.5 Å². The normalized spacial score (nSPS) is 24.3. The zero-order valence-electron chi connectivity index (χ0n) is 20.8. The number of aromatic nitrogens is 1. The second-order valence-corrected chi connectivity index (χ2v) is 11.0. The van der Waals surface area contributed by atoms with Crippen LogP contribution in [0.2, 0.25) is 0 Å². The topological polar surface area (TPSA) is 72.8 Å². The molecule has 2 amide bonds. The molecule has 8 heteroatoms. The van der Waals surface area contributed by atoms with Gasteiger partial charge in [0.2, 0.25) is 5.91 Å². The van der Waals surface area contributed by atoms with Gasteiger partial charge in [-0.2, -0.15) is 0 Å². The van der Waals surface area contributed by atoms with Crippen LogP contribution in [-0.4, -0.2) is 47.1 Å². The maximum atomic E-state index is 13.9. The Hall–Kier alpha value is -3.00. The number of hydrogen-bond acceptors (Lipinski definition) is 5. The molecule has 2 aromatic heterocycles. The van der Waals surface area contributed by atoms with Gasteiger partial charge in [-0.05, 0) is 73.7 Å². The van der Waals surface area contributed by atoms with Gasteiger partial charge in [-0.1, -0.05) is 13.0 Å². The first-order chi connectivity index (χ1) is 16.8. The van der Waals surface area contributed by atoms with E-state index in [4.69, 9.17) is 9.47 Å². The van der Waals surface area contributed by atoms with Crippen LogP contribution in [0.4, 0.5) is 0 Å². The summed E-state index contributed by atoms with van der Waals surface area (Å²) in [7, 11) is 3.19. The number of carbonyl (C=O) groups excluding carboxylic acids is 2. The molecule has 1 saturated carbocycles. The SMILES string of the molecule is COc1ccc(CN2C(=O)c3cc4sccc4n3C[C@@]2(C)C(=O)NC2CCC(C)CC2)cc1OC. The first kappa shape index (κ1) is 23.7. The zero-order valence-corrected chi connectivity index (χ0v) is 21.6. The van der Waals surface area contributed by atoms with Crippen LogP contribution in [0, 0.1) is 5.92 Å². The highest BCUT2D eigenvalue weighted by Crippen LogP contribution is 2.37. The van der Waals surface area contributed by atoms with E-state index in [0.29, 0.717) is 36.2 Å². The standard InChI is InChI=1S/C27H33N3O4S/c1-17-5-8-19(9-6-17)28-26(32)27(2)16-29-20-11-12-35-24(20)14-21(29)25(31)30(27)15-18-7-10-22(33-3)23(13-18)34-4/h7,10-14,17,19H,5-6,8-9,15-16H2,1-4H3,(H,28,32)/t17?,19?,27-/m0/s1. The highest BCUT2D eigenvalue weighted by molar-refractivity contribution is 7.17. The van der Waals surface area contributed by atoms with Crippen molar-refractivity contribution in [2.75, 3.05) is 14.2 Å². The Morgan fingerprint density at radius 3 is 2.57 bits per heavy atom. The van der Waals surface area contributed by atoms with Gasteiger partial charge in [0.1, 0.15) is 11.2 Å². The quantitative estimate of drug-likeness (QED) is 0.532. The molecule has 1 fully saturated rings. The third kappa shape index (κ3) is 4.18. The van der Waals surface area contributed by atoms with Gasteiger partial charge in [0, 0.05) is 12.6 Å². The highest BCUT2D eigenvalue weighted by Gasteiger charge is 2.48. The number of fused-ring (bicyclic) bond motifs is 3. The molecule has 1 N–H and O–H groups in total. The average molecular weight is 496 g/mol. The van der Waals surface area contributed by atoms with E-state index in [1.165, 1.54) is 0 Å². The molecule has 1 aromatic carbocycles. The third-order valence-electron chi connectivity index (χ3n) is 7.68. The third-order valence-corrected chi connectivity index (χ3v) is 8.53. The molecule has 186 valence electrons. The summed E-state index contributed by atoms with van der Waals surface area (Å²) in [4.78, 5) is 29.5. The van der Waals surface area contributed by atoms with E-state index in [-0.39, 0.29) is 17.9 Å². The van der Waals surface area contributed by atoms with Crippen LogP contribution in [-0.2, 0) is 17.9 Å². The van der Waals surface area contributed by atoms with E-state index in [2.05, 4.69) is 12.2 Å². The van der Waals surface area contributed by atoms with Gasteiger partial charge in [0.25, 0.3) is 5.91 Å². The number of nitrogens with one attached hydrogen (secondary N) is 1. The molecule has 0 saturated heterocycles. The van der Waals surface area contributed by atoms with E-state index < -0.39 is 5.54 Å². The van der Waals surface area contributed by atoms with Crippen molar-refractivity contribution in [2.24, 2.45) is 5.92 Å². The minimum Gasteiger partial charge on any atom is -0.493 e. The number of rotatable bonds is 6. The number of carbonyl (C=O) groups is 2. The number of amides is 2. The molecule has 1 aliphatic heterocycles. The molecule has 1 atom stereocenters. The Morgan fingerprint density at radius 2 is 1.86 bits per heavy atom. The fourth-order valence-corrected chi connectivity index (χ4v) is 6.25. The molecular weight excluding hydrogens is 462 g/mol. The summed E-state index contributed by atoms with van der Waals surface area (Å²) in [5.41, 5.74) is 1.48. The van der Waals surface area contributed by atoms with Crippen molar-refractivity contribution in [3.05, 3.63) is 47.0 Å². The van der Waals surface area contributed by atoms with Gasteiger partial charge < -0.3 is 24.3 Å². The lowest BCUT2D eigenvalue weighted by Crippen LogP contribution is -2.64. The zero-order chi connectivity index (χ0) is 24.7. The van der Waals surface area contributed by atoms with E-state index in [9.17, 15) is 9.59 Å². The molecule has 0 unspecified atom stereocenters. The maximum Gasteiger partial charge on any atom is 0.271 e. The predicted octanol–water partition coefficient (Wildman–Crippen LogP) is 4.83. The van der Waals surface area contributed by atoms with E-state index in [1.807, 2.05) is 47.2 Å². The molecule has 2 aliphatic rings. The van der Waals surface area contributed by atoms with Crippen molar-refractivity contribution in [1.29, 1.82) is 0 Å². The van der Waals surface area contributed by atoms with Crippen LogP contribution in [0.15, 0.2) is 35.7 Å². The van der Waals surface area contributed by atoms with Gasteiger partial charge in [-0.3, -0.25) is 9.59 Å². The molecule has 5 rings (SSSR count). The summed E-state index contributed by atoms with van der Waals surface area (Å²) in [6.07, 6.45) is 4.20. The lowest BCUT2D eigenvalue weighted by Gasteiger charge is -2.45. The molecular formula is C27H33N3O4S. The lowest BCUT2D eigenvalue weighted by atomic mass is 9.86. The second kappa shape index (κ2) is 9.22. The first-order valence-corrected chi connectivity index (χ1v) is 13.1. The smallest absolute Gasteiger partial charge is 0.271 e. The largest absolute Gasteiger partial charge is 0.493 e. The highest BCUT2D eigenvalue weighted by atomic mass is 32.1. The van der Waals surface area contributed by atoms with Crippen molar-refractivity contribution in [3.8, 4) is 11.5 Å². The number of hydrogen-bond donors (Lipinski definition) is 1. The number of nitrogens with zero attached hydrogens (tertiary/aromatic N) is 2. The molecule has 1 aliphatic carbocycles. The van der Waals surface area contributed by atoms with Crippen molar-refractivity contribution >= 4 is 33.4 Å². The number of methoxy groups -OCH3 is 2. The fourth-order valence-electron chi connectivity index (χ4n) is 5.43.